The molecular formula is C12H18N2O4S. The highest BCUT2D eigenvalue weighted by molar-refractivity contribution is 7.89. The fourth-order valence-corrected chi connectivity index (χ4v) is 2.62. The Kier molecular flexibility index (Phi) is 5.46. The molecule has 0 fully saturated rings. The van der Waals surface area contributed by atoms with Crippen molar-refractivity contribution in [2.24, 2.45) is 0 Å². The van der Waals surface area contributed by atoms with Gasteiger partial charge in [0, 0.05) is 19.5 Å². The van der Waals surface area contributed by atoms with E-state index in [0.717, 1.165) is 5.56 Å². The van der Waals surface area contributed by atoms with Crippen molar-refractivity contribution in [2.45, 2.75) is 31.3 Å². The highest BCUT2D eigenvalue weighted by Gasteiger charge is 2.16. The van der Waals surface area contributed by atoms with Gasteiger partial charge in [-0.15, -0.1) is 0 Å². The Morgan fingerprint density at radius 2 is 1.89 bits per heavy atom. The number of carbonyl (C=O) groups excluding carboxylic acids is 1. The van der Waals surface area contributed by atoms with Gasteiger partial charge in [-0.25, -0.2) is 13.1 Å². The predicted molar refractivity (Wildman–Crippen MR) is 70.8 cm³/mol. The maximum Gasteiger partial charge on any atom is 0.240 e. The molecule has 0 radical (unpaired) electrons. The Hall–Kier alpha value is -1.44. The molecule has 0 aliphatic carbocycles. The number of nitrogens with one attached hydrogen (secondary N) is 2. The summed E-state index contributed by atoms with van der Waals surface area (Å²) in [6.45, 7) is 3.08. The molecule has 1 aromatic rings. The standard InChI is InChI=1S/C12H18N2O4S/c1-9(8-15)14-19(17,18)12-5-3-11(4-6-12)7-13-10(2)16/h3-6,9,14-15H,7-8H2,1-2H3,(H,13,16)/t9-/m0/s1. The van der Waals surface area contributed by atoms with E-state index in [9.17, 15) is 13.2 Å². The van der Waals surface area contributed by atoms with Crippen LogP contribution in [0.4, 0.5) is 0 Å². The van der Waals surface area contributed by atoms with Gasteiger partial charge in [0.2, 0.25) is 15.9 Å². The van der Waals surface area contributed by atoms with E-state index in [0.29, 0.717) is 6.54 Å². The van der Waals surface area contributed by atoms with Crippen LogP contribution in [0.2, 0.25) is 0 Å². The van der Waals surface area contributed by atoms with Gasteiger partial charge in [-0.1, -0.05) is 12.1 Å². The second kappa shape index (κ2) is 6.65. The van der Waals surface area contributed by atoms with E-state index in [2.05, 4.69) is 10.0 Å². The maximum absolute atomic E-state index is 11.9. The summed E-state index contributed by atoms with van der Waals surface area (Å²) in [5.74, 6) is -0.143. The summed E-state index contributed by atoms with van der Waals surface area (Å²) in [5.41, 5.74) is 0.810. The normalized spacial score (nSPS) is 13.0. The van der Waals surface area contributed by atoms with E-state index in [4.69, 9.17) is 5.11 Å². The molecule has 0 saturated heterocycles. The third-order valence-electron chi connectivity index (χ3n) is 2.41. The largest absolute Gasteiger partial charge is 0.395 e. The number of hydrogen-bond donors (Lipinski definition) is 3. The van der Waals surface area contributed by atoms with Crippen molar-refractivity contribution in [2.75, 3.05) is 6.61 Å². The highest BCUT2D eigenvalue weighted by atomic mass is 32.2. The first kappa shape index (κ1) is 15.6. The van der Waals surface area contributed by atoms with Crippen molar-refractivity contribution in [3.8, 4) is 0 Å². The Bertz CT molecular complexity index is 525. The fraction of sp³-hybridized carbons (Fsp3) is 0.417. The monoisotopic (exact) mass is 286 g/mol. The fourth-order valence-electron chi connectivity index (χ4n) is 1.38. The third kappa shape index (κ3) is 4.98. The summed E-state index contributed by atoms with van der Waals surface area (Å²) >= 11 is 0. The van der Waals surface area contributed by atoms with Crippen LogP contribution in [-0.4, -0.2) is 32.1 Å². The Labute approximate surface area is 112 Å². The first-order valence-corrected chi connectivity index (χ1v) is 7.30. The lowest BCUT2D eigenvalue weighted by Crippen LogP contribution is -2.35. The number of benzene rings is 1. The van der Waals surface area contributed by atoms with Gasteiger partial charge in [0.05, 0.1) is 11.5 Å². The topological polar surface area (TPSA) is 95.5 Å². The molecule has 0 unspecified atom stereocenters. The van der Waals surface area contributed by atoms with E-state index in [1.165, 1.54) is 19.1 Å². The molecular weight excluding hydrogens is 268 g/mol. The minimum absolute atomic E-state index is 0.124. The molecule has 0 aliphatic rings. The molecule has 1 amide bonds. The van der Waals surface area contributed by atoms with E-state index < -0.39 is 16.1 Å². The van der Waals surface area contributed by atoms with Gasteiger partial charge in [0.1, 0.15) is 0 Å². The van der Waals surface area contributed by atoms with E-state index in [1.54, 1.807) is 19.1 Å². The Morgan fingerprint density at radius 1 is 1.32 bits per heavy atom. The molecule has 6 nitrogen and oxygen atoms in total. The van der Waals surface area contributed by atoms with Gasteiger partial charge in [-0.3, -0.25) is 4.79 Å². The SMILES string of the molecule is CC(=O)NCc1ccc(S(=O)(=O)N[C@@H](C)CO)cc1. The van der Waals surface area contributed by atoms with Crippen molar-refractivity contribution in [1.82, 2.24) is 10.0 Å². The highest BCUT2D eigenvalue weighted by Crippen LogP contribution is 2.11. The van der Waals surface area contributed by atoms with Gasteiger partial charge in [-0.2, -0.15) is 0 Å². The zero-order valence-electron chi connectivity index (χ0n) is 10.9. The molecule has 0 bridgehead atoms. The van der Waals surface area contributed by atoms with Gasteiger partial charge >= 0.3 is 0 Å². The number of aliphatic hydroxyl groups is 1. The number of sulfonamides is 1. The van der Waals surface area contributed by atoms with E-state index in [1.807, 2.05) is 0 Å². The first-order chi connectivity index (χ1) is 8.85. The zero-order chi connectivity index (χ0) is 14.5. The second-order valence-corrected chi connectivity index (χ2v) is 5.97. The molecule has 3 N–H and O–H groups in total. The summed E-state index contributed by atoms with van der Waals surface area (Å²) < 4.78 is 26.1. The molecule has 0 aromatic heterocycles. The van der Waals surface area contributed by atoms with Gasteiger partial charge in [-0.05, 0) is 24.6 Å². The van der Waals surface area contributed by atoms with Crippen LogP contribution in [0.15, 0.2) is 29.2 Å². The van der Waals surface area contributed by atoms with Crippen LogP contribution in [-0.2, 0) is 21.4 Å². The second-order valence-electron chi connectivity index (χ2n) is 4.26. The molecule has 0 aliphatic heterocycles. The van der Waals surface area contributed by atoms with Gasteiger partial charge in [0.25, 0.3) is 0 Å². The lowest BCUT2D eigenvalue weighted by Gasteiger charge is -2.12. The van der Waals surface area contributed by atoms with Gasteiger partial charge < -0.3 is 10.4 Å². The molecule has 1 rings (SSSR count). The smallest absolute Gasteiger partial charge is 0.240 e. The molecule has 0 heterocycles. The van der Waals surface area contributed by atoms with E-state index >= 15 is 0 Å². The van der Waals surface area contributed by atoms with Crippen LogP contribution in [0.5, 0.6) is 0 Å². The average Bonchev–Trinajstić information content (AvgIpc) is 2.36. The molecule has 19 heavy (non-hydrogen) atoms. The van der Waals surface area contributed by atoms with Crippen LogP contribution in [0.1, 0.15) is 19.4 Å². The first-order valence-electron chi connectivity index (χ1n) is 5.81. The molecule has 106 valence electrons. The zero-order valence-corrected chi connectivity index (χ0v) is 11.7. The van der Waals surface area contributed by atoms with Crippen molar-refractivity contribution in [3.05, 3.63) is 29.8 Å². The van der Waals surface area contributed by atoms with Crippen molar-refractivity contribution in [3.63, 3.8) is 0 Å². The summed E-state index contributed by atoms with van der Waals surface area (Å²) in [6.07, 6.45) is 0. The molecule has 7 heteroatoms. The third-order valence-corrected chi connectivity index (χ3v) is 4.01. The van der Waals surface area contributed by atoms with Crippen molar-refractivity contribution < 1.29 is 18.3 Å². The maximum atomic E-state index is 11.9. The Balaban J connectivity index is 2.77. The number of carbonyl (C=O) groups is 1. The lowest BCUT2D eigenvalue weighted by molar-refractivity contribution is -0.119. The summed E-state index contributed by atoms with van der Waals surface area (Å²) in [7, 11) is -3.62. The number of aliphatic hydroxyl groups excluding tert-OH is 1. The van der Waals surface area contributed by atoms with Crippen LogP contribution in [0.25, 0.3) is 0 Å². The molecule has 1 atom stereocenters. The minimum Gasteiger partial charge on any atom is -0.395 e. The van der Waals surface area contributed by atoms with Crippen LogP contribution in [0.3, 0.4) is 0 Å². The Morgan fingerprint density at radius 3 is 2.37 bits per heavy atom. The van der Waals surface area contributed by atoms with Crippen molar-refractivity contribution >= 4 is 15.9 Å². The summed E-state index contributed by atoms with van der Waals surface area (Å²) in [6, 6.07) is 5.65. The molecule has 1 aromatic carbocycles. The summed E-state index contributed by atoms with van der Waals surface area (Å²) in [5, 5.41) is 11.5. The van der Waals surface area contributed by atoms with E-state index in [-0.39, 0.29) is 17.4 Å². The predicted octanol–water partition coefficient (Wildman–Crippen LogP) is -0.0182. The van der Waals surface area contributed by atoms with Crippen LogP contribution in [0, 0.1) is 0 Å². The number of amides is 1. The summed E-state index contributed by atoms with van der Waals surface area (Å²) in [4.78, 5) is 10.9. The lowest BCUT2D eigenvalue weighted by atomic mass is 10.2. The minimum atomic E-state index is -3.62. The average molecular weight is 286 g/mol. The van der Waals surface area contributed by atoms with Crippen LogP contribution < -0.4 is 10.0 Å². The van der Waals surface area contributed by atoms with Crippen LogP contribution >= 0.6 is 0 Å². The quantitative estimate of drug-likeness (QED) is 0.685. The molecule has 0 spiro atoms. The van der Waals surface area contributed by atoms with Crippen molar-refractivity contribution in [1.29, 1.82) is 0 Å². The number of hydrogen-bond acceptors (Lipinski definition) is 4. The molecule has 0 saturated carbocycles. The van der Waals surface area contributed by atoms with Gasteiger partial charge in [0.15, 0.2) is 0 Å². The number of rotatable bonds is 6.